The van der Waals surface area contributed by atoms with Crippen molar-refractivity contribution in [3.8, 4) is 0 Å². The Morgan fingerprint density at radius 3 is 2.53 bits per heavy atom. The van der Waals surface area contributed by atoms with Gasteiger partial charge >= 0.3 is 0 Å². The molecule has 6 N–H and O–H groups in total. The van der Waals surface area contributed by atoms with E-state index in [9.17, 15) is 9.59 Å². The molecule has 0 bridgehead atoms. The lowest BCUT2D eigenvalue weighted by molar-refractivity contribution is -0.123. The summed E-state index contributed by atoms with van der Waals surface area (Å²) in [6.07, 6.45) is 4.70. The van der Waals surface area contributed by atoms with E-state index in [-0.39, 0.29) is 23.9 Å². The summed E-state index contributed by atoms with van der Waals surface area (Å²) in [7, 11) is 0. The zero-order valence-corrected chi connectivity index (χ0v) is 24.7. The van der Waals surface area contributed by atoms with Crippen molar-refractivity contribution in [2.75, 3.05) is 19.6 Å². The van der Waals surface area contributed by atoms with Crippen LogP contribution in [-0.4, -0.2) is 53.4 Å². The second-order valence-corrected chi connectivity index (χ2v) is 10.8. The third kappa shape index (κ3) is 7.98. The van der Waals surface area contributed by atoms with E-state index in [4.69, 9.17) is 0 Å². The third-order valence-electron chi connectivity index (χ3n) is 7.66. The number of aliphatic imine (C=N–C) groups is 1. The molecule has 3 aromatic carbocycles. The molecule has 0 saturated carbocycles. The standard InChI is InChI=1S/C33H40N8O2/c1-22(27-10-5-8-25-7-3-4-9-28(25)27)40-32(43)29(11-6-16-36-33-37-19-20-38-33)41-31(42)26-14-12-24(13-15-26)21-39-23(2)30-34-17-18-35-30/h3-5,7-10,12-15,17-18,22-23,29,39H,6,11,16,19-21H2,1-2H3,(H,34,35)(H,40,43)(H,41,42)(H2,36,37,38)/t22-,23?,29-/m0/s1. The maximum atomic E-state index is 13.6. The lowest BCUT2D eigenvalue weighted by atomic mass is 9.99. The van der Waals surface area contributed by atoms with Crippen molar-refractivity contribution in [1.29, 1.82) is 0 Å². The van der Waals surface area contributed by atoms with Gasteiger partial charge in [-0.25, -0.2) is 4.98 Å². The zero-order chi connectivity index (χ0) is 30.0. The highest BCUT2D eigenvalue weighted by atomic mass is 16.2. The number of carbonyl (C=O) groups excluding carboxylic acids is 2. The maximum absolute atomic E-state index is 13.6. The Labute approximate surface area is 252 Å². The molecular weight excluding hydrogens is 540 g/mol. The van der Waals surface area contributed by atoms with Crippen molar-refractivity contribution in [1.82, 2.24) is 36.6 Å². The first-order valence-electron chi connectivity index (χ1n) is 14.9. The molecule has 0 radical (unpaired) electrons. The summed E-state index contributed by atoms with van der Waals surface area (Å²) in [4.78, 5) is 38.6. The van der Waals surface area contributed by atoms with Crippen LogP contribution in [0.2, 0.25) is 0 Å². The molecule has 224 valence electrons. The zero-order valence-electron chi connectivity index (χ0n) is 24.7. The molecular formula is C33H40N8O2. The molecule has 43 heavy (non-hydrogen) atoms. The fraction of sp³-hybridized carbons (Fsp3) is 0.333. The van der Waals surface area contributed by atoms with Gasteiger partial charge in [-0.1, -0.05) is 54.6 Å². The molecule has 3 atom stereocenters. The van der Waals surface area contributed by atoms with Crippen LogP contribution in [0.4, 0.5) is 0 Å². The molecule has 4 aromatic rings. The number of nitrogens with zero attached hydrogens (tertiary/aromatic N) is 2. The van der Waals surface area contributed by atoms with E-state index in [2.05, 4.69) is 59.7 Å². The van der Waals surface area contributed by atoms with Crippen LogP contribution in [0.25, 0.3) is 10.8 Å². The minimum atomic E-state index is -0.694. The minimum Gasteiger partial charge on any atom is -0.356 e. The summed E-state index contributed by atoms with van der Waals surface area (Å²) >= 11 is 0. The summed E-state index contributed by atoms with van der Waals surface area (Å²) in [6, 6.07) is 20.8. The summed E-state index contributed by atoms with van der Waals surface area (Å²) in [5, 5.41) is 18.2. The average molecular weight is 581 g/mol. The van der Waals surface area contributed by atoms with Crippen molar-refractivity contribution < 1.29 is 9.59 Å². The van der Waals surface area contributed by atoms with Gasteiger partial charge in [0, 0.05) is 37.6 Å². The highest BCUT2D eigenvalue weighted by Crippen LogP contribution is 2.24. The highest BCUT2D eigenvalue weighted by molar-refractivity contribution is 5.97. The highest BCUT2D eigenvalue weighted by Gasteiger charge is 2.24. The second-order valence-electron chi connectivity index (χ2n) is 10.8. The first kappa shape index (κ1) is 29.8. The van der Waals surface area contributed by atoms with Crippen molar-refractivity contribution in [2.45, 2.75) is 51.4 Å². The van der Waals surface area contributed by atoms with E-state index < -0.39 is 6.04 Å². The largest absolute Gasteiger partial charge is 0.356 e. The Balaban J connectivity index is 1.21. The van der Waals surface area contributed by atoms with Crippen molar-refractivity contribution >= 4 is 28.5 Å². The number of hydrogen-bond donors (Lipinski definition) is 6. The van der Waals surface area contributed by atoms with Crippen LogP contribution in [0.15, 0.2) is 84.1 Å². The second kappa shape index (κ2) is 14.5. The number of fused-ring (bicyclic) bond motifs is 1. The number of rotatable bonds is 13. The minimum absolute atomic E-state index is 0.0690. The molecule has 5 rings (SSSR count). The topological polar surface area (TPSA) is 135 Å². The van der Waals surface area contributed by atoms with Gasteiger partial charge in [0.1, 0.15) is 11.9 Å². The molecule has 2 heterocycles. The normalized spacial score (nSPS) is 14.8. The quantitative estimate of drug-likeness (QED) is 0.134. The van der Waals surface area contributed by atoms with Gasteiger partial charge in [-0.05, 0) is 60.7 Å². The Bertz CT molecular complexity index is 1530. The molecule has 0 saturated heterocycles. The summed E-state index contributed by atoms with van der Waals surface area (Å²) < 4.78 is 0. The SMILES string of the molecule is CC(NCc1ccc(C(=O)N[C@@H](CCCNC2=NCCN2)C(=O)N[C@@H](C)c2cccc3ccccc23)cc1)c1ncc[nH]1. The lowest BCUT2D eigenvalue weighted by Gasteiger charge is -2.23. The Morgan fingerprint density at radius 1 is 0.953 bits per heavy atom. The van der Waals surface area contributed by atoms with E-state index in [0.29, 0.717) is 31.5 Å². The Kier molecular flexibility index (Phi) is 10.0. The maximum Gasteiger partial charge on any atom is 0.251 e. The van der Waals surface area contributed by atoms with Crippen LogP contribution in [0, 0.1) is 0 Å². The molecule has 10 nitrogen and oxygen atoms in total. The lowest BCUT2D eigenvalue weighted by Crippen LogP contribution is -2.47. The number of aromatic nitrogens is 2. The summed E-state index contributed by atoms with van der Waals surface area (Å²) in [6.45, 7) is 6.88. The summed E-state index contributed by atoms with van der Waals surface area (Å²) in [5.41, 5.74) is 2.59. The van der Waals surface area contributed by atoms with E-state index in [1.165, 1.54) is 0 Å². The molecule has 1 unspecified atom stereocenters. The molecule has 2 amide bonds. The fourth-order valence-electron chi connectivity index (χ4n) is 5.22. The van der Waals surface area contributed by atoms with E-state index in [1.54, 1.807) is 24.5 Å². The van der Waals surface area contributed by atoms with Gasteiger partial charge in [0.2, 0.25) is 5.91 Å². The fourth-order valence-corrected chi connectivity index (χ4v) is 5.22. The van der Waals surface area contributed by atoms with Crippen LogP contribution in [0.5, 0.6) is 0 Å². The number of hydrogen-bond acceptors (Lipinski definition) is 7. The molecule has 10 heteroatoms. The number of nitrogens with one attached hydrogen (secondary N) is 6. The van der Waals surface area contributed by atoms with Gasteiger partial charge in [-0.15, -0.1) is 0 Å². The van der Waals surface area contributed by atoms with E-state index >= 15 is 0 Å². The van der Waals surface area contributed by atoms with Gasteiger partial charge in [-0.3, -0.25) is 14.6 Å². The molecule has 1 aliphatic heterocycles. The molecule has 0 spiro atoms. The van der Waals surface area contributed by atoms with E-state index in [0.717, 1.165) is 46.8 Å². The van der Waals surface area contributed by atoms with Gasteiger partial charge < -0.3 is 31.6 Å². The van der Waals surface area contributed by atoms with Gasteiger partial charge in [0.15, 0.2) is 5.96 Å². The average Bonchev–Trinajstić information content (AvgIpc) is 3.76. The smallest absolute Gasteiger partial charge is 0.251 e. The summed E-state index contributed by atoms with van der Waals surface area (Å²) in [5.74, 6) is 1.16. The molecule has 1 aliphatic rings. The number of guanidine groups is 1. The van der Waals surface area contributed by atoms with Crippen LogP contribution in [0.1, 0.15) is 66.1 Å². The monoisotopic (exact) mass is 580 g/mol. The number of amides is 2. The third-order valence-corrected chi connectivity index (χ3v) is 7.66. The van der Waals surface area contributed by atoms with Crippen LogP contribution >= 0.6 is 0 Å². The number of benzene rings is 3. The van der Waals surface area contributed by atoms with E-state index in [1.807, 2.05) is 50.2 Å². The number of H-pyrrole nitrogens is 1. The molecule has 0 aliphatic carbocycles. The molecule has 1 aromatic heterocycles. The predicted octanol–water partition coefficient (Wildman–Crippen LogP) is 3.72. The first-order chi connectivity index (χ1) is 21.0. The Hall–Kier alpha value is -4.70. The number of imidazole rings is 1. The number of carbonyl (C=O) groups is 2. The van der Waals surface area contributed by atoms with Crippen LogP contribution in [0.3, 0.4) is 0 Å². The Morgan fingerprint density at radius 2 is 1.77 bits per heavy atom. The predicted molar refractivity (Wildman–Crippen MR) is 170 cm³/mol. The molecule has 0 fully saturated rings. The van der Waals surface area contributed by atoms with Gasteiger partial charge in [0.25, 0.3) is 5.91 Å². The van der Waals surface area contributed by atoms with Crippen LogP contribution < -0.4 is 26.6 Å². The van der Waals surface area contributed by atoms with Gasteiger partial charge in [-0.2, -0.15) is 0 Å². The first-order valence-corrected chi connectivity index (χ1v) is 14.9. The van der Waals surface area contributed by atoms with Crippen molar-refractivity contribution in [2.24, 2.45) is 4.99 Å². The number of aromatic amines is 1. The van der Waals surface area contributed by atoms with Crippen LogP contribution in [-0.2, 0) is 11.3 Å². The van der Waals surface area contributed by atoms with Crippen molar-refractivity contribution in [3.63, 3.8) is 0 Å². The van der Waals surface area contributed by atoms with Crippen molar-refractivity contribution in [3.05, 3.63) is 102 Å². The van der Waals surface area contributed by atoms with Gasteiger partial charge in [0.05, 0.1) is 18.6 Å².